The molecule has 2 N–H and O–H groups in total. The van der Waals surface area contributed by atoms with E-state index >= 15 is 0 Å². The molecule has 1 aromatic heterocycles. The number of nitrogens with zero attached hydrogens (tertiary/aromatic N) is 1. The van der Waals surface area contributed by atoms with Gasteiger partial charge in [0.25, 0.3) is 11.8 Å². The zero-order valence-electron chi connectivity index (χ0n) is 13.9. The van der Waals surface area contributed by atoms with E-state index < -0.39 is 0 Å². The van der Waals surface area contributed by atoms with Crippen molar-refractivity contribution in [2.75, 3.05) is 19.0 Å². The smallest absolute Gasteiger partial charge is 0.270 e. The van der Waals surface area contributed by atoms with Crippen molar-refractivity contribution in [1.29, 1.82) is 0 Å². The van der Waals surface area contributed by atoms with Gasteiger partial charge >= 0.3 is 0 Å². The summed E-state index contributed by atoms with van der Waals surface area (Å²) in [6, 6.07) is 6.29. The van der Waals surface area contributed by atoms with Gasteiger partial charge in [-0.2, -0.15) is 0 Å². The van der Waals surface area contributed by atoms with Crippen LogP contribution in [0.2, 0.25) is 5.02 Å². The number of aromatic nitrogens is 1. The number of carbonyl (C=O) groups excluding carboxylic acids is 2. The van der Waals surface area contributed by atoms with Crippen LogP contribution in [0.5, 0.6) is 5.75 Å². The molecule has 7 heteroatoms. The Balaban J connectivity index is 2.23. The fourth-order valence-corrected chi connectivity index (χ4v) is 2.23. The molecule has 2 amide bonds. The maximum Gasteiger partial charge on any atom is 0.270 e. The van der Waals surface area contributed by atoms with Crippen LogP contribution in [0, 0.1) is 6.92 Å². The minimum atomic E-state index is -0.389. The van der Waals surface area contributed by atoms with Gasteiger partial charge in [0.15, 0.2) is 0 Å². The molecule has 6 nitrogen and oxygen atoms in total. The maximum atomic E-state index is 12.5. The first-order valence-corrected chi connectivity index (χ1v) is 7.84. The number of benzene rings is 1. The van der Waals surface area contributed by atoms with Gasteiger partial charge in [-0.15, -0.1) is 6.58 Å². The van der Waals surface area contributed by atoms with E-state index in [1.54, 1.807) is 18.2 Å². The van der Waals surface area contributed by atoms with Crippen molar-refractivity contribution in [2.24, 2.45) is 0 Å². The van der Waals surface area contributed by atoms with Crippen molar-refractivity contribution >= 4 is 29.1 Å². The summed E-state index contributed by atoms with van der Waals surface area (Å²) in [5.74, 6) is -0.323. The van der Waals surface area contributed by atoms with Crippen LogP contribution in [0.4, 0.5) is 5.69 Å². The number of aryl methyl sites for hydroxylation is 1. The zero-order valence-corrected chi connectivity index (χ0v) is 14.7. The van der Waals surface area contributed by atoms with Crippen molar-refractivity contribution in [1.82, 2.24) is 10.3 Å². The molecule has 0 saturated carbocycles. The largest absolute Gasteiger partial charge is 0.495 e. The number of hydrogen-bond donors (Lipinski definition) is 2. The first-order chi connectivity index (χ1) is 12.0. The Morgan fingerprint density at radius 1 is 1.32 bits per heavy atom. The topological polar surface area (TPSA) is 80.3 Å². The van der Waals surface area contributed by atoms with E-state index in [1.807, 2.05) is 6.92 Å². The predicted octanol–water partition coefficient (Wildman–Crippen LogP) is 3.22. The molecule has 0 saturated heterocycles. The lowest BCUT2D eigenvalue weighted by atomic mass is 10.1. The summed E-state index contributed by atoms with van der Waals surface area (Å²) in [6.07, 6.45) is 2.96. The molecule has 0 radical (unpaired) electrons. The van der Waals surface area contributed by atoms with Crippen LogP contribution in [-0.4, -0.2) is 30.5 Å². The van der Waals surface area contributed by atoms with E-state index in [1.165, 1.54) is 25.4 Å². The molecule has 0 atom stereocenters. The molecule has 0 fully saturated rings. The zero-order chi connectivity index (χ0) is 18.4. The summed E-state index contributed by atoms with van der Waals surface area (Å²) >= 11 is 6.06. The van der Waals surface area contributed by atoms with E-state index in [9.17, 15) is 9.59 Å². The standard InChI is InChI=1S/C18H18ClN3O3/c1-4-6-21-18(24)15-9-12(5-7-20-15)17(23)22-14-8-11(2)13(19)10-16(14)25-3/h4-5,7-10H,1,6H2,2-3H3,(H,21,24)(H,22,23). The van der Waals surface area contributed by atoms with Crippen molar-refractivity contribution in [2.45, 2.75) is 6.92 Å². The van der Waals surface area contributed by atoms with Crippen molar-refractivity contribution in [3.05, 3.63) is 65.0 Å². The normalized spacial score (nSPS) is 10.0. The number of ether oxygens (including phenoxy) is 1. The first-order valence-electron chi connectivity index (χ1n) is 7.47. The number of halogens is 1. The Kier molecular flexibility index (Phi) is 6.14. The molecule has 0 spiro atoms. The number of nitrogens with one attached hydrogen (secondary N) is 2. The fourth-order valence-electron chi connectivity index (χ4n) is 2.08. The molecule has 0 aliphatic carbocycles. The van der Waals surface area contributed by atoms with E-state index in [-0.39, 0.29) is 17.5 Å². The van der Waals surface area contributed by atoms with Crippen LogP contribution in [-0.2, 0) is 0 Å². The second kappa shape index (κ2) is 8.30. The van der Waals surface area contributed by atoms with Crippen molar-refractivity contribution in [3.63, 3.8) is 0 Å². The van der Waals surface area contributed by atoms with Crippen LogP contribution >= 0.6 is 11.6 Å². The highest BCUT2D eigenvalue weighted by Gasteiger charge is 2.14. The van der Waals surface area contributed by atoms with Crippen LogP contribution in [0.15, 0.2) is 43.1 Å². The highest BCUT2D eigenvalue weighted by atomic mass is 35.5. The Bertz CT molecular complexity index is 821. The lowest BCUT2D eigenvalue weighted by molar-refractivity contribution is 0.0953. The average molecular weight is 360 g/mol. The van der Waals surface area contributed by atoms with Gasteiger partial charge in [0.1, 0.15) is 11.4 Å². The third-order valence-corrected chi connectivity index (χ3v) is 3.80. The number of rotatable bonds is 6. The number of amides is 2. The Hall–Kier alpha value is -2.86. The van der Waals surface area contributed by atoms with Gasteiger partial charge in [0.05, 0.1) is 12.8 Å². The predicted molar refractivity (Wildman–Crippen MR) is 97.5 cm³/mol. The van der Waals surface area contributed by atoms with Gasteiger partial charge in [0.2, 0.25) is 0 Å². The van der Waals surface area contributed by atoms with Crippen molar-refractivity contribution in [3.8, 4) is 5.75 Å². The van der Waals surface area contributed by atoms with E-state index in [4.69, 9.17) is 16.3 Å². The molecule has 0 unspecified atom stereocenters. The first kappa shape index (κ1) is 18.5. The van der Waals surface area contributed by atoms with Crippen LogP contribution in [0.3, 0.4) is 0 Å². The van der Waals surface area contributed by atoms with Gasteiger partial charge in [-0.25, -0.2) is 0 Å². The lowest BCUT2D eigenvalue weighted by Crippen LogP contribution is -2.24. The molecule has 2 rings (SSSR count). The third kappa shape index (κ3) is 4.58. The highest BCUT2D eigenvalue weighted by molar-refractivity contribution is 6.31. The van der Waals surface area contributed by atoms with Gasteiger partial charge in [0, 0.05) is 29.4 Å². The molecule has 0 aliphatic rings. The van der Waals surface area contributed by atoms with Gasteiger partial charge < -0.3 is 15.4 Å². The summed E-state index contributed by atoms with van der Waals surface area (Å²) in [7, 11) is 1.49. The Labute approximate surface area is 150 Å². The number of pyridine rings is 1. The monoisotopic (exact) mass is 359 g/mol. The summed E-state index contributed by atoms with van der Waals surface area (Å²) < 4.78 is 5.24. The van der Waals surface area contributed by atoms with Crippen LogP contribution in [0.25, 0.3) is 0 Å². The second-order valence-electron chi connectivity index (χ2n) is 5.18. The molecule has 0 aliphatic heterocycles. The number of methoxy groups -OCH3 is 1. The summed E-state index contributed by atoms with van der Waals surface area (Å²) in [6.45, 7) is 5.67. The minimum absolute atomic E-state index is 0.147. The van der Waals surface area contributed by atoms with E-state index in [0.29, 0.717) is 28.6 Å². The quantitative estimate of drug-likeness (QED) is 0.776. The number of carbonyl (C=O) groups is 2. The van der Waals surface area contributed by atoms with Gasteiger partial charge in [-0.1, -0.05) is 17.7 Å². The Morgan fingerprint density at radius 3 is 2.76 bits per heavy atom. The molecule has 0 bridgehead atoms. The van der Waals surface area contributed by atoms with Crippen LogP contribution < -0.4 is 15.4 Å². The summed E-state index contributed by atoms with van der Waals surface area (Å²) in [4.78, 5) is 28.4. The van der Waals surface area contributed by atoms with Crippen LogP contribution in [0.1, 0.15) is 26.4 Å². The third-order valence-electron chi connectivity index (χ3n) is 3.39. The molecular weight excluding hydrogens is 342 g/mol. The van der Waals surface area contributed by atoms with E-state index in [2.05, 4.69) is 22.2 Å². The van der Waals surface area contributed by atoms with E-state index in [0.717, 1.165) is 5.56 Å². The molecular formula is C18H18ClN3O3. The fraction of sp³-hybridized carbons (Fsp3) is 0.167. The highest BCUT2D eigenvalue weighted by Crippen LogP contribution is 2.31. The average Bonchev–Trinajstić information content (AvgIpc) is 2.62. The number of anilines is 1. The SMILES string of the molecule is C=CCNC(=O)c1cc(C(=O)Nc2cc(C)c(Cl)cc2OC)ccn1. The molecule has 1 aromatic carbocycles. The van der Waals surface area contributed by atoms with Gasteiger partial charge in [-0.05, 0) is 30.7 Å². The molecule has 2 aromatic rings. The molecule has 1 heterocycles. The molecule has 130 valence electrons. The number of hydrogen-bond acceptors (Lipinski definition) is 4. The lowest BCUT2D eigenvalue weighted by Gasteiger charge is -2.12. The van der Waals surface area contributed by atoms with Gasteiger partial charge in [-0.3, -0.25) is 14.6 Å². The Morgan fingerprint density at radius 2 is 2.08 bits per heavy atom. The summed E-state index contributed by atoms with van der Waals surface area (Å²) in [5, 5.41) is 5.91. The van der Waals surface area contributed by atoms with Crippen molar-refractivity contribution < 1.29 is 14.3 Å². The molecule has 25 heavy (non-hydrogen) atoms. The minimum Gasteiger partial charge on any atom is -0.495 e. The summed E-state index contributed by atoms with van der Waals surface area (Å²) in [5.41, 5.74) is 1.74. The maximum absolute atomic E-state index is 12.5. The second-order valence-corrected chi connectivity index (χ2v) is 5.59.